The third-order valence-electron chi connectivity index (χ3n) is 15.9. The Bertz CT molecular complexity index is 5150. The number of rotatable bonds is 6. The minimum atomic E-state index is -0.0802. The van der Waals surface area contributed by atoms with E-state index in [1.165, 1.54) is 37.9 Å². The van der Waals surface area contributed by atoms with Crippen LogP contribution in [-0.4, -0.2) is 0 Å². The van der Waals surface area contributed by atoms with Gasteiger partial charge in [-0.15, -0.1) is 0 Å². The largest absolute Gasteiger partial charge is 0.397 e. The lowest BCUT2D eigenvalue weighted by atomic mass is 9.98. The standard InChI is InChI=1S/C12H12N4.C11H11N3.C10H10N2.3C10H8.C6H8N4.C5H7N3.C4H6N2/c13-9-8(10(14)12(16)11(9)15)6-7-4-2-1-3-5-7;12-9-8(10(13)11(9)14)6-7-4-2-1-3-5-7;11-9-8(10(9)12)6-7-4-2-1-3-5-7;3*1-2-6-10-8-4-3-7-9(10)5-1;1-2-3(7)5(9)6(10)4(2)8;1-2-3(6)5(8)4(2)7;1-2-3(5)4(2)6/h1-5,13,15-16H,6,14H2;1-5,12,14H,6,13H2;1-5,11H,6,12H2;3*1-8H;7,9-10H,8H2,1H3;6,8H,7H2,1H3;5H,6H2,1H3. The van der Waals surface area contributed by atoms with Crippen molar-refractivity contribution in [2.24, 2.45) is 0 Å². The number of hydrogen-bond acceptors (Lipinski definition) is 18. The summed E-state index contributed by atoms with van der Waals surface area (Å²) >= 11 is 0. The Morgan fingerprint density at radius 3 is 0.521 bits per heavy atom. The highest BCUT2D eigenvalue weighted by molar-refractivity contribution is 5.83. The van der Waals surface area contributed by atoms with E-state index >= 15 is 0 Å². The highest BCUT2D eigenvalue weighted by atomic mass is 14.7. The van der Waals surface area contributed by atoms with Crippen molar-refractivity contribution in [1.29, 1.82) is 64.9 Å². The number of anilines is 6. The number of nitrogens with two attached hydrogens (primary N) is 6. The summed E-state index contributed by atoms with van der Waals surface area (Å²) < 4.78 is 0. The lowest BCUT2D eigenvalue weighted by Crippen LogP contribution is -2.38. The first kappa shape index (κ1) is 70.5. The number of benzene rings is 9. The predicted octanol–water partition coefficient (Wildman–Crippen LogP) is 8.84. The van der Waals surface area contributed by atoms with Gasteiger partial charge in [0.15, 0.2) is 0 Å². The summed E-state index contributed by atoms with van der Waals surface area (Å²) in [5.74, 6) is 0. The quantitative estimate of drug-likeness (QED) is 0.0770. The van der Waals surface area contributed by atoms with E-state index in [0.717, 1.165) is 39.8 Å². The molecule has 0 heterocycles. The van der Waals surface area contributed by atoms with Crippen LogP contribution in [0.25, 0.3) is 32.3 Å². The first-order chi connectivity index (χ1) is 45.9. The van der Waals surface area contributed by atoms with Gasteiger partial charge >= 0.3 is 0 Å². The summed E-state index contributed by atoms with van der Waals surface area (Å²) in [5.41, 5.74) is 43.5. The summed E-state index contributed by atoms with van der Waals surface area (Å²) in [6.07, 6.45) is 1.98. The van der Waals surface area contributed by atoms with E-state index in [0.29, 0.717) is 57.4 Å². The molecule has 96 heavy (non-hydrogen) atoms. The molecule has 0 unspecified atom stereocenters. The molecular formula is C78H78N18. The van der Waals surface area contributed by atoms with Gasteiger partial charge in [-0.1, -0.05) is 237 Å². The Morgan fingerprint density at radius 1 is 0.188 bits per heavy atom. The summed E-state index contributed by atoms with van der Waals surface area (Å²) in [7, 11) is 0. The second-order valence-electron chi connectivity index (χ2n) is 22.3. The van der Waals surface area contributed by atoms with E-state index < -0.39 is 0 Å². The van der Waals surface area contributed by atoms with E-state index in [1.807, 2.05) is 97.9 Å². The fraction of sp³-hybridized carbons (Fsp3) is 0.0769. The van der Waals surface area contributed by atoms with Gasteiger partial charge in [-0.2, -0.15) is 0 Å². The molecule has 24 N–H and O–H groups in total. The molecular weight excluding hydrogens is 1190 g/mol. The van der Waals surface area contributed by atoms with Crippen molar-refractivity contribution in [3.8, 4) is 0 Å². The van der Waals surface area contributed by atoms with E-state index in [1.54, 1.807) is 13.8 Å². The minimum absolute atomic E-state index is 0.0255. The average molecular weight is 1270 g/mol. The topological polar surface area (TPSA) is 442 Å². The van der Waals surface area contributed by atoms with Gasteiger partial charge in [-0.25, -0.2) is 0 Å². The van der Waals surface area contributed by atoms with Crippen LogP contribution in [0, 0.1) is 85.7 Å². The molecule has 0 fully saturated rings. The maximum absolute atomic E-state index is 7.72. The number of nitrogens with one attached hydrogen (secondary N) is 12. The first-order valence-electron chi connectivity index (χ1n) is 30.3. The molecule has 0 bridgehead atoms. The molecule has 18 nitrogen and oxygen atoms in total. The molecule has 0 spiro atoms. The molecule has 480 valence electrons. The smallest absolute Gasteiger partial charge is 0.106 e. The van der Waals surface area contributed by atoms with Crippen molar-refractivity contribution >= 4 is 66.4 Å². The Balaban J connectivity index is 0.000000154. The van der Waals surface area contributed by atoms with Crippen LogP contribution >= 0.6 is 0 Å². The second kappa shape index (κ2) is 32.9. The van der Waals surface area contributed by atoms with Crippen molar-refractivity contribution in [2.75, 3.05) is 34.4 Å². The summed E-state index contributed by atoms with van der Waals surface area (Å²) in [6, 6.07) is 79.7. The van der Waals surface area contributed by atoms with Gasteiger partial charge in [-0.3, -0.25) is 64.9 Å². The first-order valence-corrected chi connectivity index (χ1v) is 30.3. The van der Waals surface area contributed by atoms with Crippen LogP contribution in [0.5, 0.6) is 0 Å². The lowest BCUT2D eigenvalue weighted by molar-refractivity contribution is 1.01. The Morgan fingerprint density at radius 2 is 0.354 bits per heavy atom. The summed E-state index contributed by atoms with van der Waals surface area (Å²) in [6.45, 7) is 5.24. The van der Waals surface area contributed by atoms with Crippen molar-refractivity contribution < 1.29 is 0 Å². The van der Waals surface area contributed by atoms with Gasteiger partial charge in [0.1, 0.15) is 32.1 Å². The highest BCUT2D eigenvalue weighted by Gasteiger charge is 2.15. The SMILES string of the molecule is Cc1c(N)c(=N)c(=N)c1=N.Cc1c(N)c(=N)c1=N.Cc1c(N)c1=N.N=c1c(N)c(Cc2ccccc2)c(=N)c1=N.N=c1c(N)c(Cc2ccccc2)c1=N.N=c1c(N)c1Cc1ccccc1.c1ccc2ccccc2c1.c1ccc2ccccc2c1.c1ccc2ccccc2c1. The van der Waals surface area contributed by atoms with Gasteiger partial charge in [0.25, 0.3) is 0 Å². The fourth-order valence-corrected chi connectivity index (χ4v) is 9.45. The van der Waals surface area contributed by atoms with Crippen LogP contribution in [0.2, 0.25) is 0 Å². The maximum Gasteiger partial charge on any atom is 0.106 e. The van der Waals surface area contributed by atoms with Gasteiger partial charge in [-0.05, 0) is 69.8 Å². The molecule has 0 radical (unpaired) electrons. The molecule has 18 heteroatoms. The molecule has 0 aromatic heterocycles. The highest BCUT2D eigenvalue weighted by Crippen LogP contribution is 2.17. The molecule has 15 rings (SSSR count). The van der Waals surface area contributed by atoms with Gasteiger partial charge in [0.05, 0.1) is 66.3 Å². The van der Waals surface area contributed by atoms with E-state index in [4.69, 9.17) is 99.3 Å². The number of fused-ring (bicyclic) bond motifs is 3. The number of hydrogen-bond donors (Lipinski definition) is 18. The van der Waals surface area contributed by atoms with Gasteiger partial charge in [0.2, 0.25) is 0 Å². The van der Waals surface area contributed by atoms with Crippen LogP contribution in [0.4, 0.5) is 34.1 Å². The van der Waals surface area contributed by atoms with E-state index in [2.05, 4.69) is 146 Å². The molecule has 0 aliphatic heterocycles. The zero-order valence-electron chi connectivity index (χ0n) is 53.6. The number of nitrogen functional groups attached to an aromatic ring is 6. The van der Waals surface area contributed by atoms with Crippen LogP contribution in [-0.2, 0) is 19.3 Å². The average Bonchev–Trinajstić information content (AvgIpc) is 1.38. The normalized spacial score (nSPS) is 10.3. The van der Waals surface area contributed by atoms with E-state index in [-0.39, 0.29) is 64.9 Å². The van der Waals surface area contributed by atoms with Crippen molar-refractivity contribution in [3.63, 3.8) is 0 Å². The lowest BCUT2D eigenvalue weighted by Gasteiger charge is -2.09. The van der Waals surface area contributed by atoms with Crippen LogP contribution in [0.15, 0.2) is 237 Å². The Labute approximate surface area is 553 Å². The molecule has 0 saturated heterocycles. The van der Waals surface area contributed by atoms with Crippen molar-refractivity contribution in [1.82, 2.24) is 0 Å². The molecule has 0 aliphatic carbocycles. The molecule has 15 aromatic rings. The molecule has 0 amide bonds. The fourth-order valence-electron chi connectivity index (χ4n) is 9.45. The minimum Gasteiger partial charge on any atom is -0.397 e. The zero-order valence-corrected chi connectivity index (χ0v) is 53.6. The molecule has 0 atom stereocenters. The summed E-state index contributed by atoms with van der Waals surface area (Å²) in [5, 5.41) is 97.1. The van der Waals surface area contributed by atoms with Gasteiger partial charge < -0.3 is 34.4 Å². The molecule has 0 saturated carbocycles. The Hall–Kier alpha value is -13.0. The van der Waals surface area contributed by atoms with E-state index in [9.17, 15) is 0 Å². The Kier molecular flexibility index (Phi) is 24.1. The molecule has 15 aromatic carbocycles. The van der Waals surface area contributed by atoms with Crippen LogP contribution in [0.3, 0.4) is 0 Å². The summed E-state index contributed by atoms with van der Waals surface area (Å²) in [4.78, 5) is 0. The maximum atomic E-state index is 7.72. The predicted molar refractivity (Wildman–Crippen MR) is 383 cm³/mol. The van der Waals surface area contributed by atoms with Crippen molar-refractivity contribution in [3.05, 3.63) is 351 Å². The third-order valence-corrected chi connectivity index (χ3v) is 15.9. The second-order valence-corrected chi connectivity index (χ2v) is 22.3. The third kappa shape index (κ3) is 18.2. The molecule has 0 aliphatic rings. The van der Waals surface area contributed by atoms with Crippen LogP contribution in [0.1, 0.15) is 50.1 Å². The van der Waals surface area contributed by atoms with Gasteiger partial charge in [0, 0.05) is 52.6 Å². The van der Waals surface area contributed by atoms with Crippen LogP contribution < -0.4 is 98.7 Å². The zero-order chi connectivity index (χ0) is 69.8. The monoisotopic (exact) mass is 1270 g/mol. The van der Waals surface area contributed by atoms with Crippen molar-refractivity contribution in [2.45, 2.75) is 40.0 Å².